The number of rotatable bonds is 5. The molecular weight excluding hydrogens is 200 g/mol. The van der Waals surface area contributed by atoms with E-state index < -0.39 is 5.60 Å². The molecule has 3 N–H and O–H groups in total. The van der Waals surface area contributed by atoms with Crippen LogP contribution in [-0.2, 0) is 0 Å². The molecule has 2 unspecified atom stereocenters. The van der Waals surface area contributed by atoms with Gasteiger partial charge in [0.05, 0.1) is 5.60 Å². The van der Waals surface area contributed by atoms with Crippen LogP contribution in [0.4, 0.5) is 0 Å². The van der Waals surface area contributed by atoms with Gasteiger partial charge in [-0.15, -0.1) is 0 Å². The molecule has 3 nitrogen and oxygen atoms in total. The van der Waals surface area contributed by atoms with E-state index in [-0.39, 0.29) is 0 Å². The predicted octanol–water partition coefficient (Wildman–Crippen LogP) is 1.60. The zero-order valence-electron chi connectivity index (χ0n) is 11.1. The van der Waals surface area contributed by atoms with Crippen molar-refractivity contribution < 1.29 is 5.11 Å². The van der Waals surface area contributed by atoms with Gasteiger partial charge in [0.1, 0.15) is 0 Å². The second-order valence-electron chi connectivity index (χ2n) is 5.39. The number of likely N-dealkylation sites (tertiary alicyclic amines) is 1. The molecule has 1 fully saturated rings. The van der Waals surface area contributed by atoms with Gasteiger partial charge in [-0.05, 0) is 45.1 Å². The number of nitrogens with zero attached hydrogens (tertiary/aromatic N) is 1. The van der Waals surface area contributed by atoms with Crippen molar-refractivity contribution in [2.24, 2.45) is 11.7 Å². The second-order valence-corrected chi connectivity index (χ2v) is 5.39. The number of nitrogens with two attached hydrogens (primary N) is 1. The lowest BCUT2D eigenvalue weighted by atomic mass is 9.90. The molecule has 0 aromatic carbocycles. The van der Waals surface area contributed by atoms with Gasteiger partial charge in [0.15, 0.2) is 0 Å². The van der Waals surface area contributed by atoms with Crippen molar-refractivity contribution in [1.82, 2.24) is 4.90 Å². The van der Waals surface area contributed by atoms with Gasteiger partial charge < -0.3 is 10.8 Å². The van der Waals surface area contributed by atoms with E-state index in [2.05, 4.69) is 25.7 Å². The highest BCUT2D eigenvalue weighted by atomic mass is 16.3. The third kappa shape index (κ3) is 3.44. The summed E-state index contributed by atoms with van der Waals surface area (Å²) in [5.41, 5.74) is 5.24. The van der Waals surface area contributed by atoms with Crippen molar-refractivity contribution in [3.8, 4) is 0 Å². The maximum absolute atomic E-state index is 10.4. The fourth-order valence-electron chi connectivity index (χ4n) is 2.53. The molecular formula is C13H28N2O. The van der Waals surface area contributed by atoms with Gasteiger partial charge in [-0.25, -0.2) is 0 Å². The molecule has 0 aromatic heterocycles. The molecule has 0 aromatic rings. The van der Waals surface area contributed by atoms with Crippen LogP contribution in [-0.4, -0.2) is 41.3 Å². The number of β-amino-alcohol motifs (C(OH)–C–C–N with tert-alkyl or cyclic N) is 1. The lowest BCUT2D eigenvalue weighted by molar-refractivity contribution is -0.0272. The summed E-state index contributed by atoms with van der Waals surface area (Å²) < 4.78 is 0. The summed E-state index contributed by atoms with van der Waals surface area (Å²) in [6.07, 6.45) is 4.12. The van der Waals surface area contributed by atoms with Gasteiger partial charge in [-0.1, -0.05) is 13.8 Å². The molecule has 3 heteroatoms. The largest absolute Gasteiger partial charge is 0.389 e. The van der Waals surface area contributed by atoms with Crippen LogP contribution in [0.15, 0.2) is 0 Å². The van der Waals surface area contributed by atoms with E-state index in [1.807, 2.05) is 0 Å². The highest BCUT2D eigenvalue weighted by molar-refractivity contribution is 4.86. The van der Waals surface area contributed by atoms with Crippen molar-refractivity contribution >= 4 is 0 Å². The maximum Gasteiger partial charge on any atom is 0.0769 e. The predicted molar refractivity (Wildman–Crippen MR) is 68.3 cm³/mol. The minimum atomic E-state index is -0.509. The lowest BCUT2D eigenvalue weighted by Gasteiger charge is -2.42. The highest BCUT2D eigenvalue weighted by Gasteiger charge is 2.31. The Balaban J connectivity index is 2.56. The number of hydrogen-bond acceptors (Lipinski definition) is 3. The Morgan fingerprint density at radius 2 is 1.94 bits per heavy atom. The standard InChI is InChI=1S/C13H28N2O/c1-4-13(16,5-2)10-15-9-12(8-14)7-6-11(15)3/h11-12,16H,4-10,14H2,1-3H3. The molecule has 1 aliphatic rings. The number of hydrogen-bond donors (Lipinski definition) is 2. The third-order valence-corrected chi connectivity index (χ3v) is 4.26. The first-order chi connectivity index (χ1) is 7.54. The van der Waals surface area contributed by atoms with Crippen LogP contribution in [0.25, 0.3) is 0 Å². The molecule has 0 saturated carbocycles. The van der Waals surface area contributed by atoms with Gasteiger partial charge >= 0.3 is 0 Å². The van der Waals surface area contributed by atoms with Crippen molar-refractivity contribution in [1.29, 1.82) is 0 Å². The second kappa shape index (κ2) is 5.99. The molecule has 96 valence electrons. The molecule has 1 rings (SSSR count). The molecule has 16 heavy (non-hydrogen) atoms. The number of aliphatic hydroxyl groups is 1. The van der Waals surface area contributed by atoms with Crippen LogP contribution in [0.2, 0.25) is 0 Å². The van der Waals surface area contributed by atoms with Gasteiger partial charge in [0, 0.05) is 19.1 Å². The Labute approximate surface area is 100 Å². The normalized spacial score (nSPS) is 28.3. The molecule has 0 radical (unpaired) electrons. The van der Waals surface area contributed by atoms with E-state index >= 15 is 0 Å². The smallest absolute Gasteiger partial charge is 0.0769 e. The quantitative estimate of drug-likeness (QED) is 0.751. The van der Waals surface area contributed by atoms with Gasteiger partial charge in [0.2, 0.25) is 0 Å². The Hall–Kier alpha value is -0.120. The molecule has 0 spiro atoms. The molecule has 2 atom stereocenters. The first kappa shape index (κ1) is 13.9. The van der Waals surface area contributed by atoms with Gasteiger partial charge in [-0.2, -0.15) is 0 Å². The SMILES string of the molecule is CCC(O)(CC)CN1CC(CN)CCC1C. The Bertz CT molecular complexity index is 204. The van der Waals surface area contributed by atoms with Crippen LogP contribution in [0.5, 0.6) is 0 Å². The van der Waals surface area contributed by atoms with Crippen molar-refractivity contribution in [2.75, 3.05) is 19.6 Å². The summed E-state index contributed by atoms with van der Waals surface area (Å²) in [5, 5.41) is 10.4. The maximum atomic E-state index is 10.4. The van der Waals surface area contributed by atoms with Gasteiger partial charge in [-0.3, -0.25) is 4.90 Å². The van der Waals surface area contributed by atoms with Crippen molar-refractivity contribution in [2.45, 2.75) is 58.1 Å². The Kier molecular flexibility index (Phi) is 5.22. The van der Waals surface area contributed by atoms with Crippen LogP contribution >= 0.6 is 0 Å². The summed E-state index contributed by atoms with van der Waals surface area (Å²) >= 11 is 0. The summed E-state index contributed by atoms with van der Waals surface area (Å²) in [6.45, 7) is 9.03. The average Bonchev–Trinajstić information content (AvgIpc) is 2.32. The monoisotopic (exact) mass is 228 g/mol. The van der Waals surface area contributed by atoms with Crippen LogP contribution in [0.3, 0.4) is 0 Å². The first-order valence-electron chi connectivity index (χ1n) is 6.71. The summed E-state index contributed by atoms with van der Waals surface area (Å²) in [5.74, 6) is 0.620. The zero-order chi connectivity index (χ0) is 12.2. The third-order valence-electron chi connectivity index (χ3n) is 4.26. The van der Waals surface area contributed by atoms with E-state index in [9.17, 15) is 5.11 Å². The minimum Gasteiger partial charge on any atom is -0.389 e. The van der Waals surface area contributed by atoms with Crippen molar-refractivity contribution in [3.05, 3.63) is 0 Å². The Morgan fingerprint density at radius 3 is 2.44 bits per heavy atom. The molecule has 1 aliphatic heterocycles. The average molecular weight is 228 g/mol. The summed E-state index contributed by atoms with van der Waals surface area (Å²) in [4.78, 5) is 2.42. The summed E-state index contributed by atoms with van der Waals surface area (Å²) in [6, 6.07) is 0.590. The van der Waals surface area contributed by atoms with E-state index in [0.717, 1.165) is 32.5 Å². The fourth-order valence-corrected chi connectivity index (χ4v) is 2.53. The van der Waals surface area contributed by atoms with E-state index in [1.165, 1.54) is 12.8 Å². The van der Waals surface area contributed by atoms with Crippen LogP contribution < -0.4 is 5.73 Å². The van der Waals surface area contributed by atoms with E-state index in [0.29, 0.717) is 12.0 Å². The topological polar surface area (TPSA) is 49.5 Å². The van der Waals surface area contributed by atoms with E-state index in [4.69, 9.17) is 5.73 Å². The highest BCUT2D eigenvalue weighted by Crippen LogP contribution is 2.25. The first-order valence-corrected chi connectivity index (χ1v) is 6.71. The molecule has 1 saturated heterocycles. The number of piperidine rings is 1. The van der Waals surface area contributed by atoms with Crippen LogP contribution in [0, 0.1) is 5.92 Å². The lowest BCUT2D eigenvalue weighted by Crippen LogP contribution is -2.51. The van der Waals surface area contributed by atoms with Crippen LogP contribution in [0.1, 0.15) is 46.5 Å². The molecule has 0 aliphatic carbocycles. The summed E-state index contributed by atoms with van der Waals surface area (Å²) in [7, 11) is 0. The fraction of sp³-hybridized carbons (Fsp3) is 1.00. The van der Waals surface area contributed by atoms with E-state index in [1.54, 1.807) is 0 Å². The Morgan fingerprint density at radius 1 is 1.31 bits per heavy atom. The molecule has 1 heterocycles. The zero-order valence-corrected chi connectivity index (χ0v) is 11.1. The molecule has 0 bridgehead atoms. The van der Waals surface area contributed by atoms with Crippen molar-refractivity contribution in [3.63, 3.8) is 0 Å². The van der Waals surface area contributed by atoms with Gasteiger partial charge in [0.25, 0.3) is 0 Å². The molecule has 0 amide bonds. The minimum absolute atomic E-state index is 0.509.